The molecule has 1 saturated heterocycles. The van der Waals surface area contributed by atoms with Gasteiger partial charge in [0.25, 0.3) is 0 Å². The van der Waals surface area contributed by atoms with Gasteiger partial charge in [-0.15, -0.1) is 10.2 Å². The van der Waals surface area contributed by atoms with Gasteiger partial charge in [-0.1, -0.05) is 0 Å². The van der Waals surface area contributed by atoms with Gasteiger partial charge < -0.3 is 14.1 Å². The molecule has 0 saturated carbocycles. The van der Waals surface area contributed by atoms with Gasteiger partial charge in [-0.2, -0.15) is 4.31 Å². The number of hydrogen-bond donors (Lipinski definition) is 0. The Bertz CT molecular complexity index is 1010. The van der Waals surface area contributed by atoms with Gasteiger partial charge in [0, 0.05) is 26.2 Å². The molecule has 0 unspecified atom stereocenters. The molecule has 3 aromatic rings. The lowest BCUT2D eigenvalue weighted by molar-refractivity contribution is 0.383. The number of nitrogens with zero attached hydrogens (tertiary/aromatic N) is 4. The number of anilines is 1. The number of hydrogen-bond acceptors (Lipinski definition) is 7. The first kappa shape index (κ1) is 18.5. The van der Waals surface area contributed by atoms with Crippen LogP contribution in [0.4, 0.5) is 5.82 Å². The molecule has 4 rings (SSSR count). The van der Waals surface area contributed by atoms with Crippen LogP contribution in [0.1, 0.15) is 0 Å². The number of sulfonamides is 1. The second-order valence-electron chi connectivity index (χ2n) is 6.32. The van der Waals surface area contributed by atoms with Crippen molar-refractivity contribution in [3.8, 4) is 17.2 Å². The molecule has 28 heavy (non-hydrogen) atoms. The van der Waals surface area contributed by atoms with Crippen LogP contribution >= 0.6 is 0 Å². The van der Waals surface area contributed by atoms with Crippen LogP contribution in [-0.4, -0.2) is 56.2 Å². The minimum Gasteiger partial charge on any atom is -0.497 e. The number of methoxy groups -OCH3 is 1. The van der Waals surface area contributed by atoms with E-state index in [1.54, 1.807) is 43.7 Å². The van der Waals surface area contributed by atoms with Gasteiger partial charge in [-0.05, 0) is 48.5 Å². The first-order chi connectivity index (χ1) is 13.6. The van der Waals surface area contributed by atoms with Gasteiger partial charge in [0.2, 0.25) is 10.0 Å². The molecule has 2 aromatic heterocycles. The monoisotopic (exact) mass is 400 g/mol. The molecule has 0 amide bonds. The van der Waals surface area contributed by atoms with Crippen molar-refractivity contribution >= 4 is 15.8 Å². The largest absolute Gasteiger partial charge is 0.497 e. The Morgan fingerprint density at radius 3 is 2.29 bits per heavy atom. The second-order valence-corrected chi connectivity index (χ2v) is 8.26. The molecule has 0 N–H and O–H groups in total. The zero-order valence-electron chi connectivity index (χ0n) is 15.4. The molecule has 0 atom stereocenters. The summed E-state index contributed by atoms with van der Waals surface area (Å²) < 4.78 is 37.6. The zero-order chi connectivity index (χ0) is 19.6. The average molecular weight is 400 g/mol. The Balaban J connectivity index is 1.42. The molecule has 1 fully saturated rings. The average Bonchev–Trinajstić information content (AvgIpc) is 3.29. The van der Waals surface area contributed by atoms with E-state index >= 15 is 0 Å². The summed E-state index contributed by atoms with van der Waals surface area (Å²) in [5.74, 6) is 2.01. The van der Waals surface area contributed by atoms with Crippen molar-refractivity contribution in [2.24, 2.45) is 0 Å². The molecule has 3 heterocycles. The minimum absolute atomic E-state index is 0.268. The summed E-state index contributed by atoms with van der Waals surface area (Å²) in [6, 6.07) is 13.8. The summed E-state index contributed by atoms with van der Waals surface area (Å²) in [5, 5.41) is 8.46. The molecule has 1 aromatic carbocycles. The lowest BCUT2D eigenvalue weighted by Crippen LogP contribution is -2.48. The maximum absolute atomic E-state index is 12.8. The SMILES string of the molecule is COc1ccc(S(=O)(=O)N2CCN(c3ccc(-c4ccco4)nn3)CC2)cc1. The topological polar surface area (TPSA) is 88.8 Å². The highest BCUT2D eigenvalue weighted by atomic mass is 32.2. The molecule has 0 radical (unpaired) electrons. The third-order valence-corrected chi connectivity index (χ3v) is 6.60. The molecule has 1 aliphatic rings. The molecule has 0 bridgehead atoms. The lowest BCUT2D eigenvalue weighted by Gasteiger charge is -2.34. The first-order valence-electron chi connectivity index (χ1n) is 8.85. The second kappa shape index (κ2) is 7.61. The van der Waals surface area contributed by atoms with Crippen LogP contribution in [0.5, 0.6) is 5.75 Å². The fourth-order valence-electron chi connectivity index (χ4n) is 3.10. The van der Waals surface area contributed by atoms with Gasteiger partial charge in [0.1, 0.15) is 11.4 Å². The highest BCUT2D eigenvalue weighted by molar-refractivity contribution is 7.89. The quantitative estimate of drug-likeness (QED) is 0.649. The van der Waals surface area contributed by atoms with E-state index in [1.807, 2.05) is 23.1 Å². The van der Waals surface area contributed by atoms with E-state index in [0.29, 0.717) is 43.4 Å². The molecular weight excluding hydrogens is 380 g/mol. The van der Waals surface area contributed by atoms with Gasteiger partial charge in [-0.3, -0.25) is 0 Å². The molecule has 1 aliphatic heterocycles. The van der Waals surface area contributed by atoms with Crippen molar-refractivity contribution in [3.05, 3.63) is 54.8 Å². The molecule has 146 valence electrons. The smallest absolute Gasteiger partial charge is 0.243 e. The summed E-state index contributed by atoms with van der Waals surface area (Å²) >= 11 is 0. The Kier molecular flexibility index (Phi) is 5.01. The lowest BCUT2D eigenvalue weighted by atomic mass is 10.3. The van der Waals surface area contributed by atoms with E-state index in [2.05, 4.69) is 10.2 Å². The van der Waals surface area contributed by atoms with Crippen LogP contribution in [0.25, 0.3) is 11.5 Å². The summed E-state index contributed by atoms with van der Waals surface area (Å²) in [4.78, 5) is 2.29. The Morgan fingerprint density at radius 1 is 0.964 bits per heavy atom. The summed E-state index contributed by atoms with van der Waals surface area (Å²) in [7, 11) is -1.98. The molecular formula is C19H20N4O4S. The Labute approximate surface area is 163 Å². The molecule has 0 spiro atoms. The molecule has 0 aliphatic carbocycles. The van der Waals surface area contributed by atoms with Crippen LogP contribution in [0, 0.1) is 0 Å². The van der Waals surface area contributed by atoms with Gasteiger partial charge in [0.15, 0.2) is 11.6 Å². The Hall–Kier alpha value is -2.91. The zero-order valence-corrected chi connectivity index (χ0v) is 16.2. The van der Waals surface area contributed by atoms with Crippen molar-refractivity contribution in [1.82, 2.24) is 14.5 Å². The maximum atomic E-state index is 12.8. The van der Waals surface area contributed by atoms with Crippen molar-refractivity contribution in [2.45, 2.75) is 4.90 Å². The van der Waals surface area contributed by atoms with E-state index in [-0.39, 0.29) is 4.90 Å². The van der Waals surface area contributed by atoms with E-state index in [0.717, 1.165) is 5.82 Å². The fourth-order valence-corrected chi connectivity index (χ4v) is 4.53. The highest BCUT2D eigenvalue weighted by Gasteiger charge is 2.29. The predicted molar refractivity (Wildman–Crippen MR) is 104 cm³/mol. The number of benzene rings is 1. The normalized spacial score (nSPS) is 15.5. The van der Waals surface area contributed by atoms with E-state index in [9.17, 15) is 8.42 Å². The maximum Gasteiger partial charge on any atom is 0.243 e. The standard InChI is InChI=1S/C19H20N4O4S/c1-26-15-4-6-16(7-5-15)28(24,25)23-12-10-22(11-13-23)19-9-8-17(20-21-19)18-3-2-14-27-18/h2-9,14H,10-13H2,1H3. The van der Waals surface area contributed by atoms with Crippen LogP contribution in [-0.2, 0) is 10.0 Å². The Morgan fingerprint density at radius 2 is 1.71 bits per heavy atom. The first-order valence-corrected chi connectivity index (χ1v) is 10.3. The number of rotatable bonds is 5. The van der Waals surface area contributed by atoms with E-state index in [4.69, 9.17) is 9.15 Å². The summed E-state index contributed by atoms with van der Waals surface area (Å²) in [5.41, 5.74) is 0.662. The summed E-state index contributed by atoms with van der Waals surface area (Å²) in [6.07, 6.45) is 1.59. The highest BCUT2D eigenvalue weighted by Crippen LogP contribution is 2.23. The third-order valence-electron chi connectivity index (χ3n) is 4.68. The van der Waals surface area contributed by atoms with Crippen molar-refractivity contribution in [1.29, 1.82) is 0 Å². The van der Waals surface area contributed by atoms with E-state index < -0.39 is 10.0 Å². The molecule has 9 heteroatoms. The van der Waals surface area contributed by atoms with E-state index in [1.165, 1.54) is 4.31 Å². The number of ether oxygens (including phenoxy) is 1. The predicted octanol–water partition coefficient (Wildman–Crippen LogP) is 2.26. The van der Waals surface area contributed by atoms with Gasteiger partial charge in [0.05, 0.1) is 18.3 Å². The number of piperazine rings is 1. The van der Waals surface area contributed by atoms with Crippen LogP contribution in [0.3, 0.4) is 0 Å². The van der Waals surface area contributed by atoms with Crippen LogP contribution in [0.15, 0.2) is 64.1 Å². The van der Waals surface area contributed by atoms with Crippen LogP contribution < -0.4 is 9.64 Å². The third kappa shape index (κ3) is 3.58. The summed E-state index contributed by atoms with van der Waals surface area (Å²) in [6.45, 7) is 1.86. The molecule has 8 nitrogen and oxygen atoms in total. The number of aromatic nitrogens is 2. The minimum atomic E-state index is -3.53. The van der Waals surface area contributed by atoms with Crippen LogP contribution in [0.2, 0.25) is 0 Å². The van der Waals surface area contributed by atoms with Gasteiger partial charge >= 0.3 is 0 Å². The van der Waals surface area contributed by atoms with Crippen molar-refractivity contribution in [3.63, 3.8) is 0 Å². The number of furan rings is 1. The fraction of sp³-hybridized carbons (Fsp3) is 0.263. The van der Waals surface area contributed by atoms with Crippen molar-refractivity contribution < 1.29 is 17.6 Å². The van der Waals surface area contributed by atoms with Crippen molar-refractivity contribution in [2.75, 3.05) is 38.2 Å². The van der Waals surface area contributed by atoms with Gasteiger partial charge in [-0.25, -0.2) is 8.42 Å².